The number of hydrogen-bond donors (Lipinski definition) is 1. The van der Waals surface area contributed by atoms with Crippen LogP contribution in [-0.2, 0) is 11.3 Å². The van der Waals surface area contributed by atoms with E-state index in [1.165, 1.54) is 4.90 Å². The summed E-state index contributed by atoms with van der Waals surface area (Å²) >= 11 is 1.67. The fraction of sp³-hybridized carbons (Fsp3) is 0.176. The minimum atomic E-state index is 0.00867. The van der Waals surface area contributed by atoms with Crippen molar-refractivity contribution >= 4 is 17.7 Å². The number of nitrogens with one attached hydrogen (secondary N) is 1. The van der Waals surface area contributed by atoms with E-state index in [2.05, 4.69) is 20.6 Å². The van der Waals surface area contributed by atoms with Crippen molar-refractivity contribution in [2.24, 2.45) is 0 Å². The Bertz CT molecular complexity index is 776. The van der Waals surface area contributed by atoms with E-state index in [-0.39, 0.29) is 5.91 Å². The number of carbonyl (C=O) groups is 1. The van der Waals surface area contributed by atoms with Crippen molar-refractivity contribution in [3.63, 3.8) is 0 Å². The molecule has 24 heavy (non-hydrogen) atoms. The predicted octanol–water partition coefficient (Wildman–Crippen LogP) is 2.46. The molecule has 122 valence electrons. The van der Waals surface area contributed by atoms with E-state index >= 15 is 0 Å². The van der Waals surface area contributed by atoms with Gasteiger partial charge in [-0.15, -0.1) is 16.9 Å². The van der Waals surface area contributed by atoms with E-state index in [1.54, 1.807) is 35.0 Å². The average Bonchev–Trinajstić information content (AvgIpc) is 3.11. The number of amides is 1. The molecule has 1 N–H and O–H groups in total. The summed E-state index contributed by atoms with van der Waals surface area (Å²) in [6.45, 7) is 0.370. The first-order valence-corrected chi connectivity index (χ1v) is 8.56. The smallest absolute Gasteiger partial charge is 0.221 e. The zero-order valence-corrected chi connectivity index (χ0v) is 13.8. The van der Waals surface area contributed by atoms with Crippen LogP contribution in [0.5, 0.6) is 0 Å². The number of pyridine rings is 1. The molecule has 0 spiro atoms. The number of thioether (sulfide) groups is 1. The highest BCUT2D eigenvalue weighted by molar-refractivity contribution is 7.99. The molecule has 0 saturated heterocycles. The van der Waals surface area contributed by atoms with Gasteiger partial charge in [0.2, 0.25) is 5.91 Å². The van der Waals surface area contributed by atoms with Gasteiger partial charge in [-0.2, -0.15) is 0 Å². The fourth-order valence-electron chi connectivity index (χ4n) is 2.05. The Morgan fingerprint density at radius 2 is 2.04 bits per heavy atom. The Morgan fingerprint density at radius 1 is 1.17 bits per heavy atom. The first-order chi connectivity index (χ1) is 11.8. The molecule has 0 fully saturated rings. The fourth-order valence-corrected chi connectivity index (χ4v) is 2.92. The third-order valence-electron chi connectivity index (χ3n) is 3.26. The van der Waals surface area contributed by atoms with Gasteiger partial charge in [0, 0.05) is 23.3 Å². The van der Waals surface area contributed by atoms with E-state index in [4.69, 9.17) is 0 Å². The van der Waals surface area contributed by atoms with Crippen LogP contribution < -0.4 is 5.32 Å². The lowest BCUT2D eigenvalue weighted by Gasteiger charge is -2.03. The molecule has 1 aromatic carbocycles. The van der Waals surface area contributed by atoms with Crippen molar-refractivity contribution in [1.82, 2.24) is 25.3 Å². The summed E-state index contributed by atoms with van der Waals surface area (Å²) in [6, 6.07) is 13.8. The maximum Gasteiger partial charge on any atom is 0.221 e. The van der Waals surface area contributed by atoms with Crippen LogP contribution in [0, 0.1) is 0 Å². The summed E-state index contributed by atoms with van der Waals surface area (Å²) in [4.78, 5) is 17.1. The Morgan fingerprint density at radius 3 is 2.83 bits per heavy atom. The topological polar surface area (TPSA) is 72.7 Å². The molecule has 6 nitrogen and oxygen atoms in total. The van der Waals surface area contributed by atoms with Crippen LogP contribution in [0.3, 0.4) is 0 Å². The number of rotatable bonds is 7. The molecule has 0 aliphatic carbocycles. The second-order valence-electron chi connectivity index (χ2n) is 5.05. The van der Waals surface area contributed by atoms with E-state index < -0.39 is 0 Å². The summed E-state index contributed by atoms with van der Waals surface area (Å²) in [5.74, 6) is 0.757. The van der Waals surface area contributed by atoms with Gasteiger partial charge >= 0.3 is 0 Å². The van der Waals surface area contributed by atoms with Crippen molar-refractivity contribution in [2.45, 2.75) is 17.9 Å². The first-order valence-electron chi connectivity index (χ1n) is 7.57. The van der Waals surface area contributed by atoms with Crippen molar-refractivity contribution < 1.29 is 4.79 Å². The third-order valence-corrected chi connectivity index (χ3v) is 4.27. The van der Waals surface area contributed by atoms with Gasteiger partial charge < -0.3 is 5.32 Å². The van der Waals surface area contributed by atoms with Gasteiger partial charge in [0.1, 0.15) is 5.69 Å². The predicted molar refractivity (Wildman–Crippen MR) is 92.8 cm³/mol. The van der Waals surface area contributed by atoms with Crippen LogP contribution in [0.2, 0.25) is 0 Å². The maximum absolute atomic E-state index is 11.9. The number of benzene rings is 1. The molecule has 0 aliphatic heterocycles. The van der Waals surface area contributed by atoms with Gasteiger partial charge in [0.05, 0.1) is 24.6 Å². The second kappa shape index (κ2) is 8.26. The summed E-state index contributed by atoms with van der Waals surface area (Å²) in [7, 11) is 0. The maximum atomic E-state index is 11.9. The highest BCUT2D eigenvalue weighted by Gasteiger charge is 2.06. The lowest BCUT2D eigenvalue weighted by molar-refractivity contribution is -0.120. The van der Waals surface area contributed by atoms with Crippen LogP contribution in [-0.4, -0.2) is 31.6 Å². The standard InChI is InChI=1S/C17H17N5OS/c23-17(8-10-24-16-6-2-1-3-7-16)19-11-14-13-22(21-20-14)15-5-4-9-18-12-15/h1-7,9,12-13H,8,10-11H2,(H,19,23). The van der Waals surface area contributed by atoms with Crippen LogP contribution in [0.4, 0.5) is 0 Å². The molecular weight excluding hydrogens is 322 g/mol. The van der Waals surface area contributed by atoms with Crippen LogP contribution in [0.1, 0.15) is 12.1 Å². The highest BCUT2D eigenvalue weighted by Crippen LogP contribution is 2.17. The normalized spacial score (nSPS) is 10.5. The number of hydrogen-bond acceptors (Lipinski definition) is 5. The third kappa shape index (κ3) is 4.66. The summed E-state index contributed by atoms with van der Waals surface area (Å²) < 4.78 is 1.64. The lowest BCUT2D eigenvalue weighted by atomic mass is 10.4. The van der Waals surface area contributed by atoms with Gasteiger partial charge in [-0.3, -0.25) is 9.78 Å². The van der Waals surface area contributed by atoms with Gasteiger partial charge in [-0.1, -0.05) is 23.4 Å². The monoisotopic (exact) mass is 339 g/mol. The van der Waals surface area contributed by atoms with Gasteiger partial charge in [0.25, 0.3) is 0 Å². The van der Waals surface area contributed by atoms with E-state index in [1.807, 2.05) is 42.5 Å². The Labute approximate surface area is 144 Å². The average molecular weight is 339 g/mol. The highest BCUT2D eigenvalue weighted by atomic mass is 32.2. The second-order valence-corrected chi connectivity index (χ2v) is 6.22. The Balaban J connectivity index is 1.42. The van der Waals surface area contributed by atoms with Crippen LogP contribution in [0.15, 0.2) is 66.0 Å². The molecule has 7 heteroatoms. The van der Waals surface area contributed by atoms with Crippen molar-refractivity contribution in [3.05, 3.63) is 66.7 Å². The zero-order chi connectivity index (χ0) is 16.6. The molecule has 0 aliphatic rings. The van der Waals surface area contributed by atoms with E-state index in [0.717, 1.165) is 11.4 Å². The van der Waals surface area contributed by atoms with Crippen molar-refractivity contribution in [1.29, 1.82) is 0 Å². The molecular formula is C17H17N5OS. The first kappa shape index (κ1) is 16.2. The molecule has 3 rings (SSSR count). The van der Waals surface area contributed by atoms with Crippen molar-refractivity contribution in [3.8, 4) is 5.69 Å². The van der Waals surface area contributed by atoms with Crippen LogP contribution >= 0.6 is 11.8 Å². The number of aromatic nitrogens is 4. The molecule has 0 unspecified atom stereocenters. The van der Waals surface area contributed by atoms with E-state index in [9.17, 15) is 4.79 Å². The Hall–Kier alpha value is -2.67. The summed E-state index contributed by atoms with van der Waals surface area (Å²) in [5, 5.41) is 11.0. The van der Waals surface area contributed by atoms with Gasteiger partial charge in [-0.05, 0) is 24.3 Å². The van der Waals surface area contributed by atoms with Crippen LogP contribution in [0.25, 0.3) is 5.69 Å². The quantitative estimate of drug-likeness (QED) is 0.670. The minimum Gasteiger partial charge on any atom is -0.350 e. The molecule has 2 aromatic heterocycles. The molecule has 2 heterocycles. The molecule has 1 amide bonds. The molecule has 0 saturated carbocycles. The summed E-state index contributed by atoms with van der Waals surface area (Å²) in [6.07, 6.45) is 5.67. The number of carbonyl (C=O) groups excluding carboxylic acids is 1. The molecule has 0 radical (unpaired) electrons. The lowest BCUT2D eigenvalue weighted by Crippen LogP contribution is -2.23. The summed E-state index contributed by atoms with van der Waals surface area (Å²) in [5.41, 5.74) is 1.55. The molecule has 0 atom stereocenters. The van der Waals surface area contributed by atoms with Crippen molar-refractivity contribution in [2.75, 3.05) is 5.75 Å². The number of nitrogens with zero attached hydrogens (tertiary/aromatic N) is 4. The zero-order valence-electron chi connectivity index (χ0n) is 13.0. The van der Waals surface area contributed by atoms with E-state index in [0.29, 0.717) is 18.7 Å². The SMILES string of the molecule is O=C(CCSc1ccccc1)NCc1cn(-c2cccnc2)nn1. The largest absolute Gasteiger partial charge is 0.350 e. The molecule has 3 aromatic rings. The Kier molecular flexibility index (Phi) is 5.57. The molecule has 0 bridgehead atoms. The van der Waals surface area contributed by atoms with Gasteiger partial charge in [-0.25, -0.2) is 4.68 Å². The minimum absolute atomic E-state index is 0.00867. The van der Waals surface area contributed by atoms with Gasteiger partial charge in [0.15, 0.2) is 0 Å².